The molecule has 0 aliphatic rings. The molecule has 0 heterocycles. The Kier molecular flexibility index (Phi) is 13.5. The fraction of sp³-hybridized carbons (Fsp3) is 0.542. The highest BCUT2D eigenvalue weighted by molar-refractivity contribution is 7.98. The van der Waals surface area contributed by atoms with Gasteiger partial charge in [0.1, 0.15) is 23.9 Å². The minimum Gasteiger partial charge on any atom is -0.508 e. The van der Waals surface area contributed by atoms with Crippen LogP contribution in [0, 0.1) is 5.92 Å². The maximum Gasteiger partial charge on any atom is 0.326 e. The molecule has 0 aliphatic carbocycles. The second-order valence-corrected chi connectivity index (χ2v) is 10.1. The van der Waals surface area contributed by atoms with E-state index in [0.29, 0.717) is 17.7 Å². The van der Waals surface area contributed by atoms with Crippen molar-refractivity contribution in [2.24, 2.45) is 17.4 Å². The minimum atomic E-state index is -1.47. The molecule has 0 spiro atoms. The Balaban J connectivity index is 3.13. The van der Waals surface area contributed by atoms with Crippen molar-refractivity contribution in [3.05, 3.63) is 29.8 Å². The molecule has 1 rings (SSSR count). The summed E-state index contributed by atoms with van der Waals surface area (Å²) >= 11 is 1.40. The van der Waals surface area contributed by atoms with Gasteiger partial charge in [-0.1, -0.05) is 26.0 Å². The van der Waals surface area contributed by atoms with E-state index in [9.17, 15) is 34.2 Å². The highest BCUT2D eigenvalue weighted by Crippen LogP contribution is 2.12. The number of amides is 4. The summed E-state index contributed by atoms with van der Waals surface area (Å²) in [6.07, 6.45) is 1.69. The van der Waals surface area contributed by atoms with Crippen molar-refractivity contribution in [3.8, 4) is 5.75 Å². The van der Waals surface area contributed by atoms with Crippen LogP contribution in [0.3, 0.4) is 0 Å². The highest BCUT2D eigenvalue weighted by Gasteiger charge is 2.31. The summed E-state index contributed by atoms with van der Waals surface area (Å²) in [7, 11) is 0. The highest BCUT2D eigenvalue weighted by atomic mass is 32.2. The number of aliphatic carboxylic acids is 1. The minimum absolute atomic E-state index is 0.0113. The molecule has 0 aromatic heterocycles. The zero-order chi connectivity index (χ0) is 28.1. The van der Waals surface area contributed by atoms with Crippen molar-refractivity contribution in [1.82, 2.24) is 16.0 Å². The molecule has 206 valence electrons. The van der Waals surface area contributed by atoms with E-state index in [1.807, 2.05) is 13.8 Å². The number of primary amides is 1. The summed E-state index contributed by atoms with van der Waals surface area (Å²) in [4.78, 5) is 61.9. The first-order chi connectivity index (χ1) is 17.3. The maximum absolute atomic E-state index is 13.2. The van der Waals surface area contributed by atoms with E-state index in [2.05, 4.69) is 16.0 Å². The largest absolute Gasteiger partial charge is 0.508 e. The molecule has 0 radical (unpaired) electrons. The Morgan fingerprint density at radius 3 is 1.97 bits per heavy atom. The first-order valence-electron chi connectivity index (χ1n) is 11.8. The zero-order valence-electron chi connectivity index (χ0n) is 21.2. The van der Waals surface area contributed by atoms with E-state index in [4.69, 9.17) is 11.5 Å². The van der Waals surface area contributed by atoms with Crippen LogP contribution >= 0.6 is 11.8 Å². The number of nitrogens with one attached hydrogen (secondary N) is 3. The average molecular weight is 540 g/mol. The Bertz CT molecular complexity index is 942. The van der Waals surface area contributed by atoms with Crippen LogP contribution in [0.25, 0.3) is 0 Å². The van der Waals surface area contributed by atoms with Gasteiger partial charge >= 0.3 is 5.97 Å². The van der Waals surface area contributed by atoms with Gasteiger partial charge in [-0.05, 0) is 48.5 Å². The lowest BCUT2D eigenvalue weighted by atomic mass is 10.0. The molecule has 12 nitrogen and oxygen atoms in total. The maximum atomic E-state index is 13.2. The van der Waals surface area contributed by atoms with E-state index in [1.165, 1.54) is 23.9 Å². The molecule has 4 amide bonds. The number of phenols is 1. The van der Waals surface area contributed by atoms with Gasteiger partial charge in [-0.25, -0.2) is 4.79 Å². The monoisotopic (exact) mass is 539 g/mol. The van der Waals surface area contributed by atoms with Crippen LogP contribution in [0.15, 0.2) is 24.3 Å². The number of hydrogen-bond acceptors (Lipinski definition) is 8. The van der Waals surface area contributed by atoms with Gasteiger partial charge < -0.3 is 37.6 Å². The van der Waals surface area contributed by atoms with Gasteiger partial charge in [-0.2, -0.15) is 11.8 Å². The van der Waals surface area contributed by atoms with E-state index < -0.39 is 60.2 Å². The lowest BCUT2D eigenvalue weighted by Crippen LogP contribution is -2.58. The van der Waals surface area contributed by atoms with Gasteiger partial charge in [-0.15, -0.1) is 0 Å². The molecule has 1 aromatic rings. The van der Waals surface area contributed by atoms with Crippen molar-refractivity contribution in [1.29, 1.82) is 0 Å². The number of phenolic OH excluding ortho intramolecular Hbond substituents is 1. The van der Waals surface area contributed by atoms with Gasteiger partial charge in [0, 0.05) is 6.42 Å². The topological polar surface area (TPSA) is 214 Å². The van der Waals surface area contributed by atoms with Crippen LogP contribution < -0.4 is 27.4 Å². The number of thioether (sulfide) groups is 1. The van der Waals surface area contributed by atoms with Crippen molar-refractivity contribution in [2.45, 2.75) is 63.7 Å². The summed E-state index contributed by atoms with van der Waals surface area (Å²) in [5, 5.41) is 26.3. The number of carboxylic acid groups (broad SMARTS) is 1. The van der Waals surface area contributed by atoms with E-state index in [1.54, 1.807) is 18.4 Å². The molecular weight excluding hydrogens is 502 g/mol. The van der Waals surface area contributed by atoms with Gasteiger partial charge in [0.25, 0.3) is 0 Å². The molecule has 37 heavy (non-hydrogen) atoms. The molecular formula is C24H37N5O7S. The molecule has 4 unspecified atom stereocenters. The number of carboxylic acids is 1. The third-order valence-corrected chi connectivity index (χ3v) is 5.98. The molecule has 9 N–H and O–H groups in total. The van der Waals surface area contributed by atoms with Crippen molar-refractivity contribution in [2.75, 3.05) is 12.0 Å². The van der Waals surface area contributed by atoms with Gasteiger partial charge in [-0.3, -0.25) is 19.2 Å². The number of benzene rings is 1. The summed E-state index contributed by atoms with van der Waals surface area (Å²) in [5.41, 5.74) is 11.8. The third-order valence-electron chi connectivity index (χ3n) is 5.33. The number of carbonyl (C=O) groups excluding carboxylic acids is 4. The molecule has 1 aromatic carbocycles. The molecule has 0 saturated heterocycles. The standard InChI is InChI=1S/C24H37N5O7S/c1-13(2)10-16(25)21(32)28-18(11-14-4-6-15(30)7-5-14)22(33)29-19(12-20(26)31)23(34)27-17(24(35)36)8-9-37-3/h4-7,13,16-19,30H,8-12,25H2,1-3H3,(H2,26,31)(H,27,34)(H,28,32)(H,29,33)(H,35,36). The smallest absolute Gasteiger partial charge is 0.326 e. The van der Waals surface area contributed by atoms with Crippen molar-refractivity contribution >= 4 is 41.4 Å². The number of rotatable bonds is 16. The second-order valence-electron chi connectivity index (χ2n) is 9.08. The van der Waals surface area contributed by atoms with Gasteiger partial charge in [0.2, 0.25) is 23.6 Å². The molecule has 0 fully saturated rings. The first kappa shape index (κ1) is 31.7. The molecule has 0 aliphatic heterocycles. The van der Waals surface area contributed by atoms with Crippen molar-refractivity contribution < 1.29 is 34.2 Å². The predicted octanol–water partition coefficient (Wildman–Crippen LogP) is -0.524. The number of aromatic hydroxyl groups is 1. The van der Waals surface area contributed by atoms with Crippen LogP contribution in [-0.2, 0) is 30.4 Å². The van der Waals surface area contributed by atoms with E-state index in [-0.39, 0.29) is 24.5 Å². The summed E-state index contributed by atoms with van der Waals surface area (Å²) in [6.45, 7) is 3.79. The van der Waals surface area contributed by atoms with Crippen LogP contribution in [0.4, 0.5) is 0 Å². The van der Waals surface area contributed by atoms with Crippen LogP contribution in [0.1, 0.15) is 38.7 Å². The first-order valence-corrected chi connectivity index (χ1v) is 13.2. The molecule has 13 heteroatoms. The van der Waals surface area contributed by atoms with E-state index in [0.717, 1.165) is 0 Å². The normalized spacial score (nSPS) is 14.2. The summed E-state index contributed by atoms with van der Waals surface area (Å²) in [6, 6.07) is 1.19. The number of hydrogen-bond donors (Lipinski definition) is 7. The second kappa shape index (κ2) is 15.7. The van der Waals surface area contributed by atoms with Crippen LogP contribution in [0.5, 0.6) is 5.75 Å². The molecule has 0 saturated carbocycles. The average Bonchev–Trinajstić information content (AvgIpc) is 2.80. The van der Waals surface area contributed by atoms with Crippen LogP contribution in [-0.4, -0.2) is 76.0 Å². The molecule has 0 bridgehead atoms. The van der Waals surface area contributed by atoms with Crippen molar-refractivity contribution in [3.63, 3.8) is 0 Å². The predicted molar refractivity (Wildman–Crippen MR) is 139 cm³/mol. The lowest BCUT2D eigenvalue weighted by Gasteiger charge is -2.25. The van der Waals surface area contributed by atoms with Gasteiger partial charge in [0.15, 0.2) is 0 Å². The van der Waals surface area contributed by atoms with Crippen LogP contribution in [0.2, 0.25) is 0 Å². The summed E-state index contributed by atoms with van der Waals surface area (Å²) in [5.74, 6) is -3.82. The Morgan fingerprint density at radius 1 is 0.919 bits per heavy atom. The number of nitrogens with two attached hydrogens (primary N) is 2. The quantitative estimate of drug-likeness (QED) is 0.144. The Hall–Kier alpha value is -3.32. The SMILES string of the molecule is CSCCC(NC(=O)C(CC(N)=O)NC(=O)C(Cc1ccc(O)cc1)NC(=O)C(N)CC(C)C)C(=O)O. The Morgan fingerprint density at radius 2 is 1.46 bits per heavy atom. The third kappa shape index (κ3) is 12.0. The fourth-order valence-corrected chi connectivity index (χ4v) is 3.89. The fourth-order valence-electron chi connectivity index (χ4n) is 3.42. The Labute approximate surface area is 220 Å². The zero-order valence-corrected chi connectivity index (χ0v) is 22.0. The van der Waals surface area contributed by atoms with Gasteiger partial charge in [0.05, 0.1) is 12.5 Å². The number of carbonyl (C=O) groups is 5. The van der Waals surface area contributed by atoms with E-state index >= 15 is 0 Å². The lowest BCUT2D eigenvalue weighted by molar-refractivity contribution is -0.142. The summed E-state index contributed by atoms with van der Waals surface area (Å²) < 4.78 is 0. The molecule has 4 atom stereocenters.